The Bertz CT molecular complexity index is 564. The summed E-state index contributed by atoms with van der Waals surface area (Å²) in [6.45, 7) is 4.40. The van der Waals surface area contributed by atoms with Gasteiger partial charge in [-0.05, 0) is 72.6 Å². The van der Waals surface area contributed by atoms with E-state index in [-0.39, 0.29) is 0 Å². The minimum absolute atomic E-state index is 0.695. The second-order valence-electron chi connectivity index (χ2n) is 8.51. The van der Waals surface area contributed by atoms with Crippen LogP contribution in [-0.4, -0.2) is 0 Å². The summed E-state index contributed by atoms with van der Waals surface area (Å²) in [6, 6.07) is 4.69. The molecule has 140 valence electrons. The molecule has 1 aromatic rings. The first-order chi connectivity index (χ1) is 12.1. The molecule has 0 saturated heterocycles. The van der Waals surface area contributed by atoms with E-state index >= 15 is 0 Å². The zero-order chi connectivity index (χ0) is 17.9. The molecule has 0 atom stereocenters. The lowest BCUT2D eigenvalue weighted by Crippen LogP contribution is -2.46. The average molecular weight is 343 g/mol. The van der Waals surface area contributed by atoms with Gasteiger partial charge in [0, 0.05) is 0 Å². The second kappa shape index (κ2) is 8.22. The van der Waals surface area contributed by atoms with Gasteiger partial charge in [0.15, 0.2) is 0 Å². The lowest BCUT2D eigenvalue weighted by Gasteiger charge is -2.35. The van der Waals surface area contributed by atoms with Crippen LogP contribution in [0, 0.1) is 0 Å². The van der Waals surface area contributed by atoms with E-state index in [0.717, 1.165) is 24.7 Å². The Morgan fingerprint density at radius 3 is 1.92 bits per heavy atom. The van der Waals surface area contributed by atoms with E-state index in [1.165, 1.54) is 75.3 Å². The highest BCUT2D eigenvalue weighted by atomic mass is 14.9. The molecule has 2 heteroatoms. The highest BCUT2D eigenvalue weighted by molar-refractivity contribution is 5.48. The monoisotopic (exact) mass is 342 g/mol. The molecule has 0 heterocycles. The maximum absolute atomic E-state index is 6.52. The van der Waals surface area contributed by atoms with Crippen molar-refractivity contribution in [1.82, 2.24) is 0 Å². The van der Waals surface area contributed by atoms with Crippen molar-refractivity contribution in [3.63, 3.8) is 0 Å². The van der Waals surface area contributed by atoms with Gasteiger partial charge in [-0.3, -0.25) is 0 Å². The topological polar surface area (TPSA) is 52.0 Å². The minimum atomic E-state index is -0.695. The molecular formula is C23H38N2. The van der Waals surface area contributed by atoms with E-state index in [0.29, 0.717) is 0 Å². The van der Waals surface area contributed by atoms with E-state index < -0.39 is 5.66 Å². The minimum Gasteiger partial charge on any atom is -0.310 e. The van der Waals surface area contributed by atoms with Crippen molar-refractivity contribution in [2.45, 2.75) is 108 Å². The molecule has 25 heavy (non-hydrogen) atoms. The molecule has 2 saturated carbocycles. The van der Waals surface area contributed by atoms with E-state index in [2.05, 4.69) is 26.0 Å². The summed E-state index contributed by atoms with van der Waals surface area (Å²) in [5.41, 5.74) is 18.4. The van der Waals surface area contributed by atoms with E-state index in [1.807, 2.05) is 0 Å². The Balaban J connectivity index is 2.10. The van der Waals surface area contributed by atoms with Gasteiger partial charge in [0.05, 0.1) is 5.66 Å². The first kappa shape index (κ1) is 18.9. The Hall–Kier alpha value is -0.860. The largest absolute Gasteiger partial charge is 0.310 e. The number of rotatable bonds is 5. The van der Waals surface area contributed by atoms with Gasteiger partial charge in [-0.25, -0.2) is 0 Å². The molecule has 0 unspecified atom stereocenters. The number of hydrogen-bond donors (Lipinski definition) is 2. The molecule has 0 aromatic heterocycles. The van der Waals surface area contributed by atoms with Crippen LogP contribution in [0.3, 0.4) is 0 Å². The van der Waals surface area contributed by atoms with Crippen molar-refractivity contribution in [1.29, 1.82) is 0 Å². The highest BCUT2D eigenvalue weighted by Gasteiger charge is 2.30. The zero-order valence-electron chi connectivity index (χ0n) is 16.4. The maximum Gasteiger partial charge on any atom is 0.0899 e. The Labute approximate surface area is 154 Å². The molecule has 0 aliphatic heterocycles. The SMILES string of the molecule is CCc1c(C(N)(N)CC)ccc(C2CCCCC2)c1C1CCCCC1. The van der Waals surface area contributed by atoms with E-state index in [4.69, 9.17) is 11.5 Å². The molecular weight excluding hydrogens is 304 g/mol. The van der Waals surface area contributed by atoms with E-state index in [1.54, 1.807) is 11.1 Å². The standard InChI is InChI=1S/C23H38N2/c1-3-19-21(23(24,25)4-2)16-15-20(17-11-7-5-8-12-17)22(19)18-13-9-6-10-14-18/h15-18H,3-14,24-25H2,1-2H3. The van der Waals surface area contributed by atoms with Crippen molar-refractivity contribution in [3.8, 4) is 0 Å². The van der Waals surface area contributed by atoms with Gasteiger partial charge in [-0.15, -0.1) is 0 Å². The Kier molecular flexibility index (Phi) is 6.22. The van der Waals surface area contributed by atoms with Crippen molar-refractivity contribution in [3.05, 3.63) is 34.4 Å². The lowest BCUT2D eigenvalue weighted by molar-refractivity contribution is 0.410. The first-order valence-corrected chi connectivity index (χ1v) is 10.8. The number of hydrogen-bond acceptors (Lipinski definition) is 2. The van der Waals surface area contributed by atoms with Crippen LogP contribution in [0.4, 0.5) is 0 Å². The summed E-state index contributed by atoms with van der Waals surface area (Å²) in [5.74, 6) is 1.49. The number of nitrogens with two attached hydrogens (primary N) is 2. The van der Waals surface area contributed by atoms with Gasteiger partial charge in [0.2, 0.25) is 0 Å². The molecule has 2 fully saturated rings. The summed E-state index contributed by atoms with van der Waals surface area (Å²) in [5, 5.41) is 0. The molecule has 0 spiro atoms. The van der Waals surface area contributed by atoms with Crippen LogP contribution in [0.25, 0.3) is 0 Å². The molecule has 2 aliphatic carbocycles. The first-order valence-electron chi connectivity index (χ1n) is 10.8. The van der Waals surface area contributed by atoms with Crippen LogP contribution in [0.15, 0.2) is 12.1 Å². The second-order valence-corrected chi connectivity index (χ2v) is 8.51. The Morgan fingerprint density at radius 1 is 0.840 bits per heavy atom. The summed E-state index contributed by atoms with van der Waals surface area (Å²) in [4.78, 5) is 0. The normalized spacial score (nSPS) is 20.8. The molecule has 1 aromatic carbocycles. The zero-order valence-corrected chi connectivity index (χ0v) is 16.4. The van der Waals surface area contributed by atoms with Gasteiger partial charge < -0.3 is 11.5 Å². The van der Waals surface area contributed by atoms with E-state index in [9.17, 15) is 0 Å². The van der Waals surface area contributed by atoms with Gasteiger partial charge in [-0.1, -0.05) is 64.5 Å². The van der Waals surface area contributed by atoms with Crippen molar-refractivity contribution >= 4 is 0 Å². The Morgan fingerprint density at radius 2 is 1.40 bits per heavy atom. The average Bonchev–Trinajstić information content (AvgIpc) is 2.68. The highest BCUT2D eigenvalue weighted by Crippen LogP contribution is 2.44. The fourth-order valence-electron chi connectivity index (χ4n) is 5.33. The number of benzene rings is 1. The molecule has 3 rings (SSSR count). The van der Waals surface area contributed by atoms with Crippen LogP contribution >= 0.6 is 0 Å². The summed E-state index contributed by atoms with van der Waals surface area (Å²) in [6.07, 6.45) is 15.6. The summed E-state index contributed by atoms with van der Waals surface area (Å²) in [7, 11) is 0. The summed E-state index contributed by atoms with van der Waals surface area (Å²) < 4.78 is 0. The van der Waals surface area contributed by atoms with Gasteiger partial charge in [0.25, 0.3) is 0 Å². The maximum atomic E-state index is 6.52. The van der Waals surface area contributed by atoms with Crippen molar-refractivity contribution < 1.29 is 0 Å². The van der Waals surface area contributed by atoms with Crippen LogP contribution in [-0.2, 0) is 12.1 Å². The van der Waals surface area contributed by atoms with Crippen LogP contribution in [0.2, 0.25) is 0 Å². The molecule has 2 nitrogen and oxygen atoms in total. The fourth-order valence-corrected chi connectivity index (χ4v) is 5.33. The third kappa shape index (κ3) is 3.95. The van der Waals surface area contributed by atoms with Crippen LogP contribution in [0.1, 0.15) is 119 Å². The van der Waals surface area contributed by atoms with Crippen molar-refractivity contribution in [2.75, 3.05) is 0 Å². The lowest BCUT2D eigenvalue weighted by atomic mass is 9.72. The van der Waals surface area contributed by atoms with Crippen molar-refractivity contribution in [2.24, 2.45) is 11.5 Å². The van der Waals surface area contributed by atoms with Gasteiger partial charge >= 0.3 is 0 Å². The van der Waals surface area contributed by atoms with Gasteiger partial charge in [-0.2, -0.15) is 0 Å². The third-order valence-electron chi connectivity index (χ3n) is 6.89. The molecule has 0 amide bonds. The smallest absolute Gasteiger partial charge is 0.0899 e. The molecule has 0 bridgehead atoms. The predicted octanol–water partition coefficient (Wildman–Crippen LogP) is 5.82. The van der Waals surface area contributed by atoms with Gasteiger partial charge in [0.1, 0.15) is 0 Å². The molecule has 2 aliphatic rings. The van der Waals surface area contributed by atoms with Crippen LogP contribution in [0.5, 0.6) is 0 Å². The van der Waals surface area contributed by atoms with Crippen LogP contribution < -0.4 is 11.5 Å². The predicted molar refractivity (Wildman–Crippen MR) is 108 cm³/mol. The quantitative estimate of drug-likeness (QED) is 0.662. The summed E-state index contributed by atoms with van der Waals surface area (Å²) >= 11 is 0. The fraction of sp³-hybridized carbons (Fsp3) is 0.739. The molecule has 4 N–H and O–H groups in total. The third-order valence-corrected chi connectivity index (χ3v) is 6.89. The molecule has 0 radical (unpaired) electrons.